The highest BCUT2D eigenvalue weighted by atomic mass is 35.5. The zero-order chi connectivity index (χ0) is 13.0. The van der Waals surface area contributed by atoms with Crippen LogP contribution in [0.15, 0.2) is 12.1 Å². The average Bonchev–Trinajstić information content (AvgIpc) is 2.24. The van der Waals surface area contributed by atoms with E-state index in [4.69, 9.17) is 39.9 Å². The molecule has 94 valence electrons. The molecule has 0 saturated heterocycles. The lowest BCUT2D eigenvalue weighted by Crippen LogP contribution is -2.29. The molecule has 0 heterocycles. The third-order valence-corrected chi connectivity index (χ3v) is 3.25. The molecular weight excluding hydrogens is 284 g/mol. The van der Waals surface area contributed by atoms with Gasteiger partial charge in [-0.3, -0.25) is 0 Å². The van der Waals surface area contributed by atoms with Crippen molar-refractivity contribution in [3.63, 3.8) is 0 Å². The summed E-state index contributed by atoms with van der Waals surface area (Å²) in [5.41, 5.74) is 0.474. The standard InChI is InChI=1S/C11H12Cl3NO2/c1-2-3-9(11(16)17)15-10-5-7(13)6(12)4-8(10)14/h4-5,9,15H,2-3H2,1H3,(H,16,17). The molecule has 0 aromatic heterocycles. The van der Waals surface area contributed by atoms with E-state index in [0.29, 0.717) is 27.2 Å². The number of carbonyl (C=O) groups is 1. The van der Waals surface area contributed by atoms with E-state index >= 15 is 0 Å². The number of carboxylic acid groups (broad SMARTS) is 1. The van der Waals surface area contributed by atoms with E-state index in [2.05, 4.69) is 5.32 Å². The van der Waals surface area contributed by atoms with Crippen molar-refractivity contribution in [2.24, 2.45) is 0 Å². The number of anilines is 1. The lowest BCUT2D eigenvalue weighted by molar-refractivity contribution is -0.138. The third kappa shape index (κ3) is 3.95. The Hall–Kier alpha value is -0.640. The fraction of sp³-hybridized carbons (Fsp3) is 0.364. The van der Waals surface area contributed by atoms with E-state index < -0.39 is 12.0 Å². The summed E-state index contributed by atoms with van der Waals surface area (Å²) >= 11 is 17.6. The Morgan fingerprint density at radius 2 is 1.88 bits per heavy atom. The Bertz CT molecular complexity index is 423. The van der Waals surface area contributed by atoms with Gasteiger partial charge in [0, 0.05) is 0 Å². The second kappa shape index (κ2) is 6.34. The van der Waals surface area contributed by atoms with Gasteiger partial charge in [0.1, 0.15) is 6.04 Å². The Morgan fingerprint density at radius 1 is 1.29 bits per heavy atom. The first-order chi connectivity index (χ1) is 7.95. The van der Waals surface area contributed by atoms with E-state index in [9.17, 15) is 4.79 Å². The van der Waals surface area contributed by atoms with Gasteiger partial charge in [0.15, 0.2) is 0 Å². The van der Waals surface area contributed by atoms with Gasteiger partial charge < -0.3 is 10.4 Å². The summed E-state index contributed by atoms with van der Waals surface area (Å²) in [4.78, 5) is 11.0. The van der Waals surface area contributed by atoms with Crippen LogP contribution in [0.4, 0.5) is 5.69 Å². The molecule has 0 aliphatic heterocycles. The largest absolute Gasteiger partial charge is 0.480 e. The average molecular weight is 297 g/mol. The molecule has 17 heavy (non-hydrogen) atoms. The molecule has 0 amide bonds. The molecule has 0 aliphatic rings. The van der Waals surface area contributed by atoms with Crippen LogP contribution in [0.25, 0.3) is 0 Å². The fourth-order valence-electron chi connectivity index (χ4n) is 1.37. The molecule has 0 saturated carbocycles. The minimum Gasteiger partial charge on any atom is -0.480 e. The van der Waals surface area contributed by atoms with Crippen LogP contribution in [0.1, 0.15) is 19.8 Å². The molecule has 1 aromatic rings. The SMILES string of the molecule is CCCC(Nc1cc(Cl)c(Cl)cc1Cl)C(=O)O. The summed E-state index contributed by atoms with van der Waals surface area (Å²) < 4.78 is 0. The number of benzene rings is 1. The van der Waals surface area contributed by atoms with E-state index in [0.717, 1.165) is 6.42 Å². The molecule has 1 atom stereocenters. The van der Waals surface area contributed by atoms with Crippen molar-refractivity contribution >= 4 is 46.5 Å². The monoisotopic (exact) mass is 295 g/mol. The maximum Gasteiger partial charge on any atom is 0.326 e. The van der Waals surface area contributed by atoms with E-state index in [1.165, 1.54) is 12.1 Å². The van der Waals surface area contributed by atoms with Gasteiger partial charge in [-0.25, -0.2) is 4.79 Å². The minimum atomic E-state index is -0.922. The Labute approximate surface area is 115 Å². The normalized spacial score (nSPS) is 12.2. The van der Waals surface area contributed by atoms with Gasteiger partial charge >= 0.3 is 5.97 Å². The molecule has 6 heteroatoms. The van der Waals surface area contributed by atoms with Crippen LogP contribution in [0.2, 0.25) is 15.1 Å². The van der Waals surface area contributed by atoms with Gasteiger partial charge in [-0.05, 0) is 18.6 Å². The summed E-state index contributed by atoms with van der Waals surface area (Å²) in [6.07, 6.45) is 1.26. The second-order valence-corrected chi connectivity index (χ2v) is 4.79. The van der Waals surface area contributed by atoms with Gasteiger partial charge in [0.2, 0.25) is 0 Å². The number of hydrogen-bond acceptors (Lipinski definition) is 2. The van der Waals surface area contributed by atoms with Crippen molar-refractivity contribution in [3.8, 4) is 0 Å². The van der Waals surface area contributed by atoms with Crippen LogP contribution in [0, 0.1) is 0 Å². The van der Waals surface area contributed by atoms with Crippen LogP contribution >= 0.6 is 34.8 Å². The van der Waals surface area contributed by atoms with E-state index in [1.54, 1.807) is 0 Å². The first-order valence-electron chi connectivity index (χ1n) is 5.09. The van der Waals surface area contributed by atoms with Gasteiger partial charge in [-0.2, -0.15) is 0 Å². The number of hydrogen-bond donors (Lipinski definition) is 2. The molecule has 0 aliphatic carbocycles. The van der Waals surface area contributed by atoms with Crippen molar-refractivity contribution in [1.29, 1.82) is 0 Å². The molecule has 1 rings (SSSR count). The lowest BCUT2D eigenvalue weighted by Gasteiger charge is -2.16. The number of nitrogens with one attached hydrogen (secondary N) is 1. The molecular formula is C11H12Cl3NO2. The van der Waals surface area contributed by atoms with Gasteiger partial charge in [0.05, 0.1) is 20.8 Å². The zero-order valence-electron chi connectivity index (χ0n) is 9.14. The Balaban J connectivity index is 2.93. The van der Waals surface area contributed by atoms with Crippen LogP contribution in [-0.2, 0) is 4.79 Å². The van der Waals surface area contributed by atoms with Gasteiger partial charge in [-0.15, -0.1) is 0 Å². The molecule has 0 spiro atoms. The van der Waals surface area contributed by atoms with Crippen LogP contribution < -0.4 is 5.32 Å². The summed E-state index contributed by atoms with van der Waals surface area (Å²) in [7, 11) is 0. The minimum absolute atomic E-state index is 0.333. The quantitative estimate of drug-likeness (QED) is 0.796. The smallest absolute Gasteiger partial charge is 0.326 e. The summed E-state index contributed by atoms with van der Waals surface area (Å²) in [5.74, 6) is -0.922. The first kappa shape index (κ1) is 14.4. The molecule has 1 aromatic carbocycles. The van der Waals surface area contributed by atoms with Crippen molar-refractivity contribution in [3.05, 3.63) is 27.2 Å². The zero-order valence-corrected chi connectivity index (χ0v) is 11.4. The first-order valence-corrected chi connectivity index (χ1v) is 6.23. The molecule has 3 nitrogen and oxygen atoms in total. The fourth-order valence-corrected chi connectivity index (χ4v) is 1.97. The number of halogens is 3. The summed E-state index contributed by atoms with van der Waals surface area (Å²) in [6, 6.07) is 2.32. The third-order valence-electron chi connectivity index (χ3n) is 2.22. The van der Waals surface area contributed by atoms with Gasteiger partial charge in [0.25, 0.3) is 0 Å². The van der Waals surface area contributed by atoms with Crippen LogP contribution in [0.3, 0.4) is 0 Å². The summed E-state index contributed by atoms with van der Waals surface area (Å²) in [6.45, 7) is 1.91. The van der Waals surface area contributed by atoms with Crippen molar-refractivity contribution in [2.75, 3.05) is 5.32 Å². The maximum absolute atomic E-state index is 11.0. The summed E-state index contributed by atoms with van der Waals surface area (Å²) in [5, 5.41) is 12.9. The molecule has 2 N–H and O–H groups in total. The predicted octanol–water partition coefficient (Wildman–Crippen LogP) is 4.31. The van der Waals surface area contributed by atoms with Crippen molar-refractivity contribution < 1.29 is 9.90 Å². The molecule has 0 radical (unpaired) electrons. The van der Waals surface area contributed by atoms with E-state index in [-0.39, 0.29) is 0 Å². The van der Waals surface area contributed by atoms with Crippen molar-refractivity contribution in [1.82, 2.24) is 0 Å². The second-order valence-electron chi connectivity index (χ2n) is 3.57. The predicted molar refractivity (Wildman–Crippen MR) is 71.4 cm³/mol. The lowest BCUT2D eigenvalue weighted by atomic mass is 10.1. The van der Waals surface area contributed by atoms with Crippen LogP contribution in [0.5, 0.6) is 0 Å². The molecule has 1 unspecified atom stereocenters. The van der Waals surface area contributed by atoms with Crippen LogP contribution in [-0.4, -0.2) is 17.1 Å². The highest BCUT2D eigenvalue weighted by molar-refractivity contribution is 6.44. The molecule has 0 bridgehead atoms. The number of rotatable bonds is 5. The Kier molecular flexibility index (Phi) is 5.37. The highest BCUT2D eigenvalue weighted by Crippen LogP contribution is 2.32. The highest BCUT2D eigenvalue weighted by Gasteiger charge is 2.17. The topological polar surface area (TPSA) is 49.3 Å². The number of aliphatic carboxylic acids is 1. The van der Waals surface area contributed by atoms with E-state index in [1.807, 2.05) is 6.92 Å². The maximum atomic E-state index is 11.0. The molecule has 0 fully saturated rings. The Morgan fingerprint density at radius 3 is 2.41 bits per heavy atom. The van der Waals surface area contributed by atoms with Gasteiger partial charge in [-0.1, -0.05) is 48.1 Å². The van der Waals surface area contributed by atoms with Crippen molar-refractivity contribution in [2.45, 2.75) is 25.8 Å². The number of carboxylic acids is 1.